The lowest BCUT2D eigenvalue weighted by molar-refractivity contribution is -0.0103. The highest BCUT2D eigenvalue weighted by Crippen LogP contribution is 2.59. The zero-order chi connectivity index (χ0) is 16.8. The summed E-state index contributed by atoms with van der Waals surface area (Å²) in [6.45, 7) is 11.2. The summed E-state index contributed by atoms with van der Waals surface area (Å²) in [5, 5.41) is 4.21. The van der Waals surface area contributed by atoms with Gasteiger partial charge in [0.25, 0.3) is 5.82 Å². The molecule has 0 spiro atoms. The maximum atomic E-state index is 12.1. The Morgan fingerprint density at radius 1 is 1.43 bits per heavy atom. The normalized spacial score (nSPS) is 25.5. The minimum atomic E-state index is -0.435. The number of hydrogen-bond acceptors (Lipinski definition) is 4. The van der Waals surface area contributed by atoms with E-state index in [1.807, 2.05) is 20.8 Å². The number of allylic oxidation sites excluding steroid dienone is 1. The van der Waals surface area contributed by atoms with E-state index in [-0.39, 0.29) is 11.4 Å². The molecular formula is C18H27N3O2. The Kier molecular flexibility index (Phi) is 3.85. The van der Waals surface area contributed by atoms with Gasteiger partial charge in [-0.15, -0.1) is 5.10 Å². The quantitative estimate of drug-likeness (QED) is 0.629. The fraction of sp³-hybridized carbons (Fsp3) is 0.722. The Morgan fingerprint density at radius 3 is 2.74 bits per heavy atom. The van der Waals surface area contributed by atoms with Crippen LogP contribution in [0.15, 0.2) is 18.0 Å². The molecule has 1 aromatic rings. The molecule has 0 aliphatic heterocycles. The Hall–Kier alpha value is -1.65. The molecule has 126 valence electrons. The number of carbonyl (C=O) groups is 1. The van der Waals surface area contributed by atoms with Crippen molar-refractivity contribution in [2.75, 3.05) is 6.61 Å². The molecule has 5 nitrogen and oxygen atoms in total. The molecule has 1 saturated carbocycles. The summed E-state index contributed by atoms with van der Waals surface area (Å²) >= 11 is 0. The summed E-state index contributed by atoms with van der Waals surface area (Å²) in [6.07, 6.45) is 7.23. The Morgan fingerprint density at radius 2 is 2.17 bits per heavy atom. The fourth-order valence-electron chi connectivity index (χ4n) is 3.76. The van der Waals surface area contributed by atoms with E-state index in [0.29, 0.717) is 17.9 Å². The van der Waals surface area contributed by atoms with Gasteiger partial charge >= 0.3 is 5.97 Å². The number of esters is 1. The first-order chi connectivity index (χ1) is 10.7. The van der Waals surface area contributed by atoms with Crippen LogP contribution in [0.3, 0.4) is 0 Å². The number of ether oxygens (including phenoxy) is 1. The molecule has 5 heteroatoms. The maximum absolute atomic E-state index is 12.1. The minimum absolute atomic E-state index is 0.140. The van der Waals surface area contributed by atoms with Crippen molar-refractivity contribution in [2.45, 2.75) is 59.4 Å². The standard InChI is InChI=1S/C18H27N3O2/c1-17(2,3)21-11-19-15(20-21)16(22)23-9-8-12-6-7-13-10-14(12)18(13,4)5/h6,11,13-14H,7-10H2,1-5H3/t13-,14-/m0/s1. The number of carbonyl (C=O) groups excluding carboxylic acids is 1. The van der Waals surface area contributed by atoms with Gasteiger partial charge in [0.1, 0.15) is 6.33 Å². The van der Waals surface area contributed by atoms with E-state index >= 15 is 0 Å². The summed E-state index contributed by atoms with van der Waals surface area (Å²) in [6, 6.07) is 0. The van der Waals surface area contributed by atoms with E-state index in [0.717, 1.165) is 12.3 Å². The van der Waals surface area contributed by atoms with Crippen LogP contribution in [0.5, 0.6) is 0 Å². The Balaban J connectivity index is 1.52. The van der Waals surface area contributed by atoms with Gasteiger partial charge in [0, 0.05) is 6.42 Å². The van der Waals surface area contributed by atoms with Gasteiger partial charge < -0.3 is 4.74 Å². The van der Waals surface area contributed by atoms with E-state index < -0.39 is 5.97 Å². The van der Waals surface area contributed by atoms with E-state index in [2.05, 4.69) is 30.0 Å². The first-order valence-electron chi connectivity index (χ1n) is 8.48. The van der Waals surface area contributed by atoms with Crippen molar-refractivity contribution in [1.82, 2.24) is 14.8 Å². The van der Waals surface area contributed by atoms with Crippen molar-refractivity contribution in [1.29, 1.82) is 0 Å². The summed E-state index contributed by atoms with van der Waals surface area (Å²) in [4.78, 5) is 16.1. The minimum Gasteiger partial charge on any atom is -0.459 e. The van der Waals surface area contributed by atoms with Gasteiger partial charge in [0.2, 0.25) is 0 Å². The highest BCUT2D eigenvalue weighted by Gasteiger charge is 2.50. The predicted octanol–water partition coefficient (Wildman–Crippen LogP) is 3.57. The molecule has 1 heterocycles. The highest BCUT2D eigenvalue weighted by atomic mass is 16.5. The third-order valence-electron chi connectivity index (χ3n) is 5.57. The van der Waals surface area contributed by atoms with Crippen molar-refractivity contribution in [3.05, 3.63) is 23.8 Å². The van der Waals surface area contributed by atoms with Crippen LogP contribution in [0.25, 0.3) is 0 Å². The van der Waals surface area contributed by atoms with Crippen LogP contribution in [0.1, 0.15) is 64.5 Å². The number of rotatable bonds is 4. The molecule has 3 aliphatic carbocycles. The molecular weight excluding hydrogens is 290 g/mol. The molecule has 2 atom stereocenters. The number of nitrogens with zero attached hydrogens (tertiary/aromatic N) is 3. The van der Waals surface area contributed by atoms with Crippen LogP contribution in [-0.2, 0) is 10.3 Å². The fourth-order valence-corrected chi connectivity index (χ4v) is 3.76. The molecule has 2 bridgehead atoms. The molecule has 23 heavy (non-hydrogen) atoms. The second-order valence-corrected chi connectivity index (χ2v) is 8.39. The van der Waals surface area contributed by atoms with Crippen LogP contribution >= 0.6 is 0 Å². The topological polar surface area (TPSA) is 57.0 Å². The van der Waals surface area contributed by atoms with E-state index in [4.69, 9.17) is 4.74 Å². The van der Waals surface area contributed by atoms with Crippen molar-refractivity contribution >= 4 is 5.97 Å². The van der Waals surface area contributed by atoms with E-state index in [9.17, 15) is 4.79 Å². The average Bonchev–Trinajstić information content (AvgIpc) is 2.97. The van der Waals surface area contributed by atoms with Crippen molar-refractivity contribution in [2.24, 2.45) is 17.3 Å². The molecule has 1 fully saturated rings. The summed E-state index contributed by atoms with van der Waals surface area (Å²) in [5.74, 6) is 1.21. The van der Waals surface area contributed by atoms with E-state index in [1.54, 1.807) is 11.0 Å². The first kappa shape index (κ1) is 16.2. The number of aromatic nitrogens is 3. The van der Waals surface area contributed by atoms with Gasteiger partial charge in [-0.25, -0.2) is 14.5 Å². The van der Waals surface area contributed by atoms with Gasteiger partial charge in [-0.1, -0.05) is 25.5 Å². The van der Waals surface area contributed by atoms with Gasteiger partial charge in [-0.3, -0.25) is 0 Å². The first-order valence-corrected chi connectivity index (χ1v) is 8.48. The van der Waals surface area contributed by atoms with Crippen LogP contribution in [0, 0.1) is 17.3 Å². The van der Waals surface area contributed by atoms with Crippen molar-refractivity contribution in [3.63, 3.8) is 0 Å². The monoisotopic (exact) mass is 317 g/mol. The van der Waals surface area contributed by atoms with Gasteiger partial charge in [0.05, 0.1) is 12.1 Å². The largest absolute Gasteiger partial charge is 0.459 e. The lowest BCUT2D eigenvalue weighted by Gasteiger charge is -2.56. The zero-order valence-electron chi connectivity index (χ0n) is 14.8. The highest BCUT2D eigenvalue weighted by molar-refractivity contribution is 5.84. The van der Waals surface area contributed by atoms with Crippen LogP contribution in [0.2, 0.25) is 0 Å². The molecule has 3 aliphatic rings. The Labute approximate surface area is 138 Å². The molecule has 0 unspecified atom stereocenters. The van der Waals surface area contributed by atoms with Gasteiger partial charge in [-0.2, -0.15) is 0 Å². The molecule has 1 aromatic heterocycles. The zero-order valence-corrected chi connectivity index (χ0v) is 14.8. The molecule has 4 rings (SSSR count). The third-order valence-corrected chi connectivity index (χ3v) is 5.57. The number of hydrogen-bond donors (Lipinski definition) is 0. The van der Waals surface area contributed by atoms with Crippen LogP contribution in [-0.4, -0.2) is 27.3 Å². The lowest BCUT2D eigenvalue weighted by Crippen LogP contribution is -2.48. The van der Waals surface area contributed by atoms with Gasteiger partial charge in [0.15, 0.2) is 0 Å². The Bertz CT molecular complexity index is 637. The molecule has 0 amide bonds. The van der Waals surface area contributed by atoms with Crippen molar-refractivity contribution in [3.8, 4) is 0 Å². The summed E-state index contributed by atoms with van der Waals surface area (Å²) in [5.41, 5.74) is 1.69. The summed E-state index contributed by atoms with van der Waals surface area (Å²) in [7, 11) is 0. The SMILES string of the molecule is CC1(C)[C@H]2CC=C(CCOC(=O)c3ncn(C(C)(C)C)n3)[C@@H]1C2. The number of fused-ring (bicyclic) bond motifs is 1. The van der Waals surface area contributed by atoms with Gasteiger partial charge in [-0.05, 0) is 50.9 Å². The average molecular weight is 317 g/mol. The van der Waals surface area contributed by atoms with Crippen molar-refractivity contribution < 1.29 is 9.53 Å². The molecule has 0 N–H and O–H groups in total. The smallest absolute Gasteiger partial charge is 0.378 e. The lowest BCUT2D eigenvalue weighted by atomic mass is 9.48. The van der Waals surface area contributed by atoms with E-state index in [1.165, 1.54) is 18.4 Å². The van der Waals surface area contributed by atoms with Crippen LogP contribution < -0.4 is 0 Å². The summed E-state index contributed by atoms with van der Waals surface area (Å²) < 4.78 is 7.06. The molecule has 0 aromatic carbocycles. The maximum Gasteiger partial charge on any atom is 0.378 e. The second-order valence-electron chi connectivity index (χ2n) is 8.39. The van der Waals surface area contributed by atoms with Crippen LogP contribution in [0.4, 0.5) is 0 Å². The molecule has 0 saturated heterocycles. The molecule has 0 radical (unpaired) electrons. The third kappa shape index (κ3) is 2.93. The predicted molar refractivity (Wildman–Crippen MR) is 88.0 cm³/mol. The second kappa shape index (κ2) is 5.46.